The molecule has 3 aromatic rings. The van der Waals surface area contributed by atoms with Crippen molar-refractivity contribution < 1.29 is 20.1 Å². The van der Waals surface area contributed by atoms with Crippen LogP contribution in [0.5, 0.6) is 5.75 Å². The Bertz CT molecular complexity index is 1200. The molecule has 9 heteroatoms. The van der Waals surface area contributed by atoms with Crippen molar-refractivity contribution in [3.63, 3.8) is 0 Å². The van der Waals surface area contributed by atoms with Crippen LogP contribution in [0.2, 0.25) is 5.02 Å². The SMILES string of the molecule is N#Cc1cc(OCCO)ccc1N1CCN(CC(O)c2ccnc(CO)c2)C[C@H]1c1ccc(Cl)cc1. The molecule has 0 aliphatic carbocycles. The quantitative estimate of drug-likeness (QED) is 0.404. The van der Waals surface area contributed by atoms with Crippen LogP contribution in [0.15, 0.2) is 60.8 Å². The van der Waals surface area contributed by atoms with E-state index < -0.39 is 6.10 Å². The molecule has 36 heavy (non-hydrogen) atoms. The molecule has 1 aliphatic rings. The summed E-state index contributed by atoms with van der Waals surface area (Å²) in [5.41, 5.74) is 3.58. The van der Waals surface area contributed by atoms with E-state index in [1.165, 1.54) is 0 Å². The molecule has 2 atom stereocenters. The zero-order chi connectivity index (χ0) is 25.5. The zero-order valence-corrected chi connectivity index (χ0v) is 20.6. The van der Waals surface area contributed by atoms with Gasteiger partial charge in [0.2, 0.25) is 0 Å². The van der Waals surface area contributed by atoms with Crippen molar-refractivity contribution >= 4 is 17.3 Å². The van der Waals surface area contributed by atoms with Crippen LogP contribution in [-0.4, -0.2) is 64.6 Å². The number of benzene rings is 2. The Morgan fingerprint density at radius 1 is 1.11 bits per heavy atom. The van der Waals surface area contributed by atoms with E-state index in [0.29, 0.717) is 53.8 Å². The molecule has 8 nitrogen and oxygen atoms in total. The third kappa shape index (κ3) is 6.13. The highest BCUT2D eigenvalue weighted by molar-refractivity contribution is 6.30. The minimum Gasteiger partial charge on any atom is -0.491 e. The molecule has 0 bridgehead atoms. The molecular formula is C27H29ClN4O4. The van der Waals surface area contributed by atoms with Gasteiger partial charge in [0.05, 0.1) is 42.3 Å². The number of nitrogens with zero attached hydrogens (tertiary/aromatic N) is 4. The second-order valence-electron chi connectivity index (χ2n) is 8.64. The molecule has 1 aliphatic heterocycles. The number of aliphatic hydroxyl groups is 3. The molecule has 2 aromatic carbocycles. The van der Waals surface area contributed by atoms with Crippen molar-refractivity contribution in [3.8, 4) is 11.8 Å². The molecule has 0 spiro atoms. The smallest absolute Gasteiger partial charge is 0.120 e. The topological polar surface area (TPSA) is 113 Å². The van der Waals surface area contributed by atoms with Gasteiger partial charge in [-0.1, -0.05) is 23.7 Å². The normalized spacial score (nSPS) is 17.0. The minimum absolute atomic E-state index is 0.0787. The van der Waals surface area contributed by atoms with Gasteiger partial charge in [-0.2, -0.15) is 5.26 Å². The van der Waals surface area contributed by atoms with E-state index in [2.05, 4.69) is 20.9 Å². The van der Waals surface area contributed by atoms with Crippen LogP contribution in [-0.2, 0) is 6.61 Å². The number of halogens is 1. The number of anilines is 1. The van der Waals surface area contributed by atoms with E-state index >= 15 is 0 Å². The minimum atomic E-state index is -0.728. The first-order chi connectivity index (χ1) is 17.5. The lowest BCUT2D eigenvalue weighted by Crippen LogP contribution is -2.49. The highest BCUT2D eigenvalue weighted by atomic mass is 35.5. The monoisotopic (exact) mass is 508 g/mol. The summed E-state index contributed by atoms with van der Waals surface area (Å²) in [6.45, 7) is 2.27. The molecule has 1 saturated heterocycles. The molecule has 188 valence electrons. The number of hydrogen-bond acceptors (Lipinski definition) is 8. The van der Waals surface area contributed by atoms with E-state index in [1.807, 2.05) is 36.4 Å². The highest BCUT2D eigenvalue weighted by Gasteiger charge is 2.31. The number of rotatable bonds is 9. The van der Waals surface area contributed by atoms with E-state index in [4.69, 9.17) is 21.4 Å². The molecule has 1 fully saturated rings. The number of piperazine rings is 1. The van der Waals surface area contributed by atoms with Gasteiger partial charge in [0, 0.05) is 37.4 Å². The molecule has 1 aromatic heterocycles. The van der Waals surface area contributed by atoms with Crippen molar-refractivity contribution in [1.82, 2.24) is 9.88 Å². The summed E-state index contributed by atoms with van der Waals surface area (Å²) < 4.78 is 5.49. The molecule has 0 amide bonds. The summed E-state index contributed by atoms with van der Waals surface area (Å²) >= 11 is 6.15. The Balaban J connectivity index is 1.59. The van der Waals surface area contributed by atoms with Gasteiger partial charge in [-0.15, -0.1) is 0 Å². The van der Waals surface area contributed by atoms with Gasteiger partial charge in [-0.05, 0) is 53.6 Å². The van der Waals surface area contributed by atoms with Gasteiger partial charge in [0.15, 0.2) is 0 Å². The Labute approximate surface area is 215 Å². The van der Waals surface area contributed by atoms with Crippen LogP contribution < -0.4 is 9.64 Å². The first-order valence-electron chi connectivity index (χ1n) is 11.8. The Morgan fingerprint density at radius 3 is 2.64 bits per heavy atom. The van der Waals surface area contributed by atoms with E-state index in [1.54, 1.807) is 24.4 Å². The van der Waals surface area contributed by atoms with Crippen molar-refractivity contribution in [1.29, 1.82) is 5.26 Å². The number of β-amino-alcohol motifs (C(OH)–C–C–N with tert-alkyl or cyclic N) is 1. The number of hydrogen-bond donors (Lipinski definition) is 3. The van der Waals surface area contributed by atoms with Crippen LogP contribution in [0, 0.1) is 11.3 Å². The van der Waals surface area contributed by atoms with E-state index in [-0.39, 0.29) is 25.9 Å². The second-order valence-corrected chi connectivity index (χ2v) is 9.07. The molecule has 0 saturated carbocycles. The Morgan fingerprint density at radius 2 is 1.92 bits per heavy atom. The molecule has 4 rings (SSSR count). The lowest BCUT2D eigenvalue weighted by atomic mass is 9.99. The fourth-order valence-corrected chi connectivity index (χ4v) is 4.64. The molecular weight excluding hydrogens is 480 g/mol. The number of pyridine rings is 1. The van der Waals surface area contributed by atoms with Crippen LogP contribution in [0.3, 0.4) is 0 Å². The van der Waals surface area contributed by atoms with Gasteiger partial charge in [0.25, 0.3) is 0 Å². The largest absolute Gasteiger partial charge is 0.491 e. The summed E-state index contributed by atoms with van der Waals surface area (Å²) in [6.07, 6.45) is 0.865. The van der Waals surface area contributed by atoms with Crippen LogP contribution in [0.4, 0.5) is 5.69 Å². The number of aromatic nitrogens is 1. The summed E-state index contributed by atoms with van der Waals surface area (Å²) in [6, 6.07) is 18.8. The van der Waals surface area contributed by atoms with Crippen LogP contribution >= 0.6 is 11.6 Å². The Kier molecular flexibility index (Phi) is 8.75. The predicted octanol–water partition coefficient (Wildman–Crippen LogP) is 3.07. The maximum atomic E-state index is 10.9. The maximum absolute atomic E-state index is 10.9. The molecule has 1 unspecified atom stereocenters. The summed E-state index contributed by atoms with van der Waals surface area (Å²) in [5, 5.41) is 39.8. The van der Waals surface area contributed by atoms with Crippen molar-refractivity contribution in [2.75, 3.05) is 44.3 Å². The maximum Gasteiger partial charge on any atom is 0.120 e. The molecule has 0 radical (unpaired) electrons. The molecule has 3 N–H and O–H groups in total. The van der Waals surface area contributed by atoms with E-state index in [9.17, 15) is 15.5 Å². The predicted molar refractivity (Wildman–Crippen MR) is 137 cm³/mol. The third-order valence-corrected chi connectivity index (χ3v) is 6.55. The van der Waals surface area contributed by atoms with Crippen LogP contribution in [0.25, 0.3) is 0 Å². The Hall–Kier alpha value is -3.19. The lowest BCUT2D eigenvalue weighted by molar-refractivity contribution is 0.100. The van der Waals surface area contributed by atoms with Gasteiger partial charge in [-0.25, -0.2) is 0 Å². The average Bonchev–Trinajstić information content (AvgIpc) is 2.92. The van der Waals surface area contributed by atoms with Gasteiger partial charge in [-0.3, -0.25) is 9.88 Å². The number of aliphatic hydroxyl groups excluding tert-OH is 3. The second kappa shape index (κ2) is 12.2. The zero-order valence-electron chi connectivity index (χ0n) is 19.8. The van der Waals surface area contributed by atoms with Crippen molar-refractivity contribution in [3.05, 3.63) is 88.2 Å². The number of nitriles is 1. The van der Waals surface area contributed by atoms with Gasteiger partial charge < -0.3 is 25.0 Å². The van der Waals surface area contributed by atoms with Crippen LogP contribution in [0.1, 0.15) is 34.5 Å². The van der Waals surface area contributed by atoms with Gasteiger partial charge in [0.1, 0.15) is 18.4 Å². The average molecular weight is 509 g/mol. The van der Waals surface area contributed by atoms with Gasteiger partial charge >= 0.3 is 0 Å². The molecule has 2 heterocycles. The standard InChI is InChI=1S/C27H29ClN4O4/c28-22-3-1-19(2-4-22)26-16-31(17-27(35)20-7-8-30-23(13-20)18-34)9-10-32(26)25-6-5-24(36-12-11-33)14-21(25)15-29/h1-8,13-14,26-27,33-35H,9-12,16-18H2/t26-,27?/m0/s1. The number of ether oxygens (including phenoxy) is 1. The summed E-state index contributed by atoms with van der Waals surface area (Å²) in [5.74, 6) is 0.536. The van der Waals surface area contributed by atoms with E-state index in [0.717, 1.165) is 11.3 Å². The first-order valence-corrected chi connectivity index (χ1v) is 12.2. The highest BCUT2D eigenvalue weighted by Crippen LogP contribution is 2.35. The fraction of sp³-hybridized carbons (Fsp3) is 0.333. The van der Waals surface area contributed by atoms with Crippen molar-refractivity contribution in [2.45, 2.75) is 18.8 Å². The lowest BCUT2D eigenvalue weighted by Gasteiger charge is -2.44. The first kappa shape index (κ1) is 25.9. The third-order valence-electron chi connectivity index (χ3n) is 6.30. The van der Waals surface area contributed by atoms with Crippen molar-refractivity contribution in [2.24, 2.45) is 0 Å². The summed E-state index contributed by atoms with van der Waals surface area (Å²) in [4.78, 5) is 8.49. The fourth-order valence-electron chi connectivity index (χ4n) is 4.51. The summed E-state index contributed by atoms with van der Waals surface area (Å²) in [7, 11) is 0.